The molecule has 1 aliphatic rings. The average Bonchev–Trinajstić information content (AvgIpc) is 3.74. The largest absolute Gasteiger partial charge is 0.345 e. The summed E-state index contributed by atoms with van der Waals surface area (Å²) in [5.41, 5.74) is 0.830. The highest BCUT2D eigenvalue weighted by molar-refractivity contribution is 7.99. The first-order valence-electron chi connectivity index (χ1n) is 12.2. The Morgan fingerprint density at radius 3 is 2.42 bits per heavy atom. The van der Waals surface area contributed by atoms with Crippen LogP contribution in [0, 0.1) is 5.82 Å². The lowest BCUT2D eigenvalue weighted by atomic mass is 10.2. The summed E-state index contributed by atoms with van der Waals surface area (Å²) in [5, 5.41) is 16.4. The van der Waals surface area contributed by atoms with Crippen LogP contribution in [-0.2, 0) is 21.4 Å². The van der Waals surface area contributed by atoms with Gasteiger partial charge >= 0.3 is 0 Å². The highest BCUT2D eigenvalue weighted by Gasteiger charge is 2.27. The van der Waals surface area contributed by atoms with Crippen molar-refractivity contribution in [3.63, 3.8) is 0 Å². The van der Waals surface area contributed by atoms with Gasteiger partial charge in [0.15, 0.2) is 16.1 Å². The van der Waals surface area contributed by atoms with E-state index < -0.39 is 21.7 Å². The number of rotatable bonds is 10. The number of benzene rings is 2. The molecule has 0 bridgehead atoms. The third-order valence-electron chi connectivity index (χ3n) is 6.02. The number of aromatic nitrogens is 4. The Bertz CT molecular complexity index is 1590. The van der Waals surface area contributed by atoms with Crippen molar-refractivity contribution in [2.75, 3.05) is 24.2 Å². The first-order valence-corrected chi connectivity index (χ1v) is 15.5. The van der Waals surface area contributed by atoms with Gasteiger partial charge < -0.3 is 10.6 Å². The number of carbonyl (C=O) groups excluding carboxylic acids is 2. The van der Waals surface area contributed by atoms with Gasteiger partial charge in [-0.3, -0.25) is 14.2 Å². The van der Waals surface area contributed by atoms with Gasteiger partial charge in [-0.05, 0) is 61.4 Å². The van der Waals surface area contributed by atoms with Gasteiger partial charge in [-0.2, -0.15) is 4.31 Å². The van der Waals surface area contributed by atoms with Gasteiger partial charge in [-0.25, -0.2) is 17.8 Å². The van der Waals surface area contributed by atoms with Gasteiger partial charge in [-0.15, -0.1) is 21.5 Å². The van der Waals surface area contributed by atoms with Gasteiger partial charge in [0.2, 0.25) is 15.9 Å². The minimum Gasteiger partial charge on any atom is -0.345 e. The Hall–Kier alpha value is -3.66. The van der Waals surface area contributed by atoms with Gasteiger partial charge in [0.05, 0.1) is 17.2 Å². The van der Waals surface area contributed by atoms with Crippen molar-refractivity contribution >= 4 is 50.1 Å². The summed E-state index contributed by atoms with van der Waals surface area (Å²) in [5.74, 6) is -0.748. The molecular formula is C25H24FN7O4S3. The van der Waals surface area contributed by atoms with Crippen LogP contribution < -0.4 is 10.6 Å². The molecule has 15 heteroatoms. The predicted octanol–water partition coefficient (Wildman–Crippen LogP) is 3.31. The minimum absolute atomic E-state index is 0.0249. The second-order valence-corrected chi connectivity index (χ2v) is 12.5. The number of thiazole rings is 1. The van der Waals surface area contributed by atoms with Crippen molar-refractivity contribution in [3.8, 4) is 5.69 Å². The molecule has 208 valence electrons. The van der Waals surface area contributed by atoms with E-state index in [1.807, 2.05) is 0 Å². The number of hydrogen-bond acceptors (Lipinski definition) is 9. The van der Waals surface area contributed by atoms with Crippen LogP contribution in [0.3, 0.4) is 0 Å². The molecule has 0 saturated carbocycles. The van der Waals surface area contributed by atoms with Gasteiger partial charge in [0.25, 0.3) is 5.91 Å². The highest BCUT2D eigenvalue weighted by atomic mass is 32.2. The molecule has 11 nitrogen and oxygen atoms in total. The number of thioether (sulfide) groups is 1. The Labute approximate surface area is 237 Å². The quantitative estimate of drug-likeness (QED) is 0.264. The molecule has 2 N–H and O–H groups in total. The molecule has 0 aliphatic carbocycles. The fourth-order valence-corrected chi connectivity index (χ4v) is 6.88. The zero-order valence-electron chi connectivity index (χ0n) is 21.0. The third kappa shape index (κ3) is 6.38. The lowest BCUT2D eigenvalue weighted by molar-refractivity contribution is -0.113. The zero-order valence-corrected chi connectivity index (χ0v) is 23.4. The summed E-state index contributed by atoms with van der Waals surface area (Å²) in [6.45, 7) is 0.967. The molecule has 2 aromatic carbocycles. The van der Waals surface area contributed by atoms with E-state index in [1.54, 1.807) is 28.3 Å². The van der Waals surface area contributed by atoms with Crippen LogP contribution in [0.1, 0.15) is 29.0 Å². The summed E-state index contributed by atoms with van der Waals surface area (Å²) < 4.78 is 42.2. The molecule has 5 rings (SSSR count). The highest BCUT2D eigenvalue weighted by Crippen LogP contribution is 2.24. The molecule has 40 heavy (non-hydrogen) atoms. The number of nitrogens with zero attached hydrogens (tertiary/aromatic N) is 5. The third-order valence-corrected chi connectivity index (χ3v) is 9.55. The minimum atomic E-state index is -3.58. The molecule has 2 amide bonds. The van der Waals surface area contributed by atoms with Crippen molar-refractivity contribution in [2.45, 2.75) is 29.4 Å². The van der Waals surface area contributed by atoms with E-state index in [0.717, 1.165) is 24.6 Å². The fraction of sp³-hybridized carbons (Fsp3) is 0.240. The summed E-state index contributed by atoms with van der Waals surface area (Å²) in [4.78, 5) is 29.4. The van der Waals surface area contributed by atoms with Gasteiger partial charge in [0, 0.05) is 35.9 Å². The molecule has 1 saturated heterocycles. The van der Waals surface area contributed by atoms with Gasteiger partial charge in [-0.1, -0.05) is 11.8 Å². The second kappa shape index (κ2) is 12.2. The molecule has 2 aromatic heterocycles. The Morgan fingerprint density at radius 2 is 1.75 bits per heavy atom. The molecule has 3 heterocycles. The van der Waals surface area contributed by atoms with Crippen molar-refractivity contribution in [1.82, 2.24) is 29.4 Å². The standard InChI is InChI=1S/C25H24FN7O4S3/c26-18-5-7-19(8-6-18)33-21(30-31-25(33)39-16-22(34)29-24-27-11-14-38-24)15-28-23(35)17-3-9-20(10-4-17)40(36,37)32-12-1-2-13-32/h3-11,14H,1-2,12-13,15-16H2,(H,28,35)(H,27,29,34). The second-order valence-electron chi connectivity index (χ2n) is 8.70. The predicted molar refractivity (Wildman–Crippen MR) is 148 cm³/mol. The van der Waals surface area contributed by atoms with Crippen LogP contribution in [-0.4, -0.2) is 63.1 Å². The van der Waals surface area contributed by atoms with E-state index in [1.165, 1.54) is 52.0 Å². The molecular weight excluding hydrogens is 578 g/mol. The number of amides is 2. The van der Waals surface area contributed by atoms with Crippen LogP contribution in [0.15, 0.2) is 70.2 Å². The average molecular weight is 602 g/mol. The molecule has 1 fully saturated rings. The van der Waals surface area contributed by atoms with Crippen LogP contribution in [0.5, 0.6) is 0 Å². The van der Waals surface area contributed by atoms with Crippen LogP contribution in [0.25, 0.3) is 5.69 Å². The maximum atomic E-state index is 13.6. The topological polar surface area (TPSA) is 139 Å². The Kier molecular flexibility index (Phi) is 8.54. The van der Waals surface area contributed by atoms with Crippen LogP contribution >= 0.6 is 23.1 Å². The molecule has 0 radical (unpaired) electrons. The molecule has 4 aromatic rings. The Balaban J connectivity index is 1.28. The van der Waals surface area contributed by atoms with E-state index in [0.29, 0.717) is 34.9 Å². The van der Waals surface area contributed by atoms with Crippen molar-refractivity contribution in [2.24, 2.45) is 0 Å². The normalized spacial score (nSPS) is 13.8. The Morgan fingerprint density at radius 1 is 1.02 bits per heavy atom. The first kappa shape index (κ1) is 27.9. The summed E-state index contributed by atoms with van der Waals surface area (Å²) in [6.07, 6.45) is 3.26. The summed E-state index contributed by atoms with van der Waals surface area (Å²) in [6, 6.07) is 11.4. The molecule has 0 atom stereocenters. The number of carbonyl (C=O) groups is 2. The maximum absolute atomic E-state index is 13.6. The lowest BCUT2D eigenvalue weighted by Gasteiger charge is -2.15. The van der Waals surface area contributed by atoms with Crippen molar-refractivity contribution in [1.29, 1.82) is 0 Å². The number of nitrogens with one attached hydrogen (secondary N) is 2. The SMILES string of the molecule is O=C(CSc1nnc(CNC(=O)c2ccc(S(=O)(=O)N3CCCC3)cc2)n1-c1ccc(F)cc1)Nc1nccs1. The molecule has 0 spiro atoms. The van der Waals surface area contributed by atoms with E-state index in [-0.39, 0.29) is 28.7 Å². The monoisotopic (exact) mass is 601 g/mol. The number of sulfonamides is 1. The molecule has 1 aliphatic heterocycles. The van der Waals surface area contributed by atoms with E-state index in [9.17, 15) is 22.4 Å². The number of hydrogen-bond donors (Lipinski definition) is 2. The molecule has 0 unspecified atom stereocenters. The fourth-order valence-electron chi connectivity index (χ4n) is 4.05. The van der Waals surface area contributed by atoms with Crippen LogP contribution in [0.2, 0.25) is 0 Å². The summed E-state index contributed by atoms with van der Waals surface area (Å²) >= 11 is 2.43. The first-order chi connectivity index (χ1) is 19.3. The van der Waals surface area contributed by atoms with E-state index in [4.69, 9.17) is 0 Å². The van der Waals surface area contributed by atoms with E-state index >= 15 is 0 Å². The number of anilines is 1. The van der Waals surface area contributed by atoms with Gasteiger partial charge in [0.1, 0.15) is 5.82 Å². The number of halogens is 1. The lowest BCUT2D eigenvalue weighted by Crippen LogP contribution is -2.28. The van der Waals surface area contributed by atoms with E-state index in [2.05, 4.69) is 25.8 Å². The van der Waals surface area contributed by atoms with Crippen LogP contribution in [0.4, 0.5) is 9.52 Å². The summed E-state index contributed by atoms with van der Waals surface area (Å²) in [7, 11) is -3.58. The maximum Gasteiger partial charge on any atom is 0.251 e. The van der Waals surface area contributed by atoms with Crippen molar-refractivity contribution in [3.05, 3.63) is 77.3 Å². The smallest absolute Gasteiger partial charge is 0.251 e. The van der Waals surface area contributed by atoms with Crippen molar-refractivity contribution < 1.29 is 22.4 Å². The zero-order chi connectivity index (χ0) is 28.1.